The van der Waals surface area contributed by atoms with Gasteiger partial charge in [0.2, 0.25) is 0 Å². The Bertz CT molecular complexity index is 291. The largest absolute Gasteiger partial charge is 0.388 e. The third kappa shape index (κ3) is 1.85. The standard InChI is InChI=1S/C13H21NO2/c1-11-3-2-4-13(15,9-11)12(10-14)5-7-16-8-6-12/h11,15H,2-9H2,1H3. The van der Waals surface area contributed by atoms with Crippen molar-refractivity contribution in [1.29, 1.82) is 5.26 Å². The van der Waals surface area contributed by atoms with E-state index in [2.05, 4.69) is 13.0 Å². The monoisotopic (exact) mass is 223 g/mol. The normalized spacial score (nSPS) is 38.9. The van der Waals surface area contributed by atoms with Gasteiger partial charge < -0.3 is 9.84 Å². The van der Waals surface area contributed by atoms with Crippen molar-refractivity contribution >= 4 is 0 Å². The fourth-order valence-electron chi connectivity index (χ4n) is 3.36. The molecule has 1 aliphatic heterocycles. The summed E-state index contributed by atoms with van der Waals surface area (Å²) in [5, 5.41) is 20.3. The second-order valence-corrected chi connectivity index (χ2v) is 5.54. The zero-order valence-corrected chi connectivity index (χ0v) is 10.0. The van der Waals surface area contributed by atoms with E-state index in [-0.39, 0.29) is 0 Å². The number of aliphatic hydroxyl groups is 1. The molecule has 1 saturated heterocycles. The van der Waals surface area contributed by atoms with Crippen molar-refractivity contribution in [3.63, 3.8) is 0 Å². The van der Waals surface area contributed by atoms with E-state index >= 15 is 0 Å². The van der Waals surface area contributed by atoms with Crippen LogP contribution in [0.15, 0.2) is 0 Å². The maximum atomic E-state index is 10.8. The lowest BCUT2D eigenvalue weighted by Crippen LogP contribution is -2.52. The zero-order valence-electron chi connectivity index (χ0n) is 10.0. The van der Waals surface area contributed by atoms with Gasteiger partial charge in [-0.1, -0.05) is 19.8 Å². The van der Waals surface area contributed by atoms with E-state index in [9.17, 15) is 10.4 Å². The number of rotatable bonds is 1. The van der Waals surface area contributed by atoms with Crippen molar-refractivity contribution in [2.45, 2.75) is 51.0 Å². The summed E-state index contributed by atoms with van der Waals surface area (Å²) in [6.45, 7) is 3.41. The Balaban J connectivity index is 2.21. The minimum Gasteiger partial charge on any atom is -0.388 e. The van der Waals surface area contributed by atoms with Crippen LogP contribution in [0.3, 0.4) is 0 Å². The van der Waals surface area contributed by atoms with Gasteiger partial charge >= 0.3 is 0 Å². The molecule has 3 heteroatoms. The van der Waals surface area contributed by atoms with Crippen LogP contribution in [0.4, 0.5) is 0 Å². The lowest BCUT2D eigenvalue weighted by molar-refractivity contribution is -0.130. The van der Waals surface area contributed by atoms with Crippen molar-refractivity contribution in [2.24, 2.45) is 11.3 Å². The molecule has 1 saturated carbocycles. The molecule has 2 aliphatic rings. The predicted molar refractivity (Wildman–Crippen MR) is 60.7 cm³/mol. The molecule has 0 aromatic carbocycles. The van der Waals surface area contributed by atoms with E-state index in [0.717, 1.165) is 19.3 Å². The Morgan fingerprint density at radius 1 is 1.31 bits per heavy atom. The molecule has 0 aromatic heterocycles. The average Bonchev–Trinajstić information content (AvgIpc) is 2.29. The maximum absolute atomic E-state index is 10.8. The van der Waals surface area contributed by atoms with Crippen molar-refractivity contribution < 1.29 is 9.84 Å². The SMILES string of the molecule is CC1CCCC(O)(C2(C#N)CCOCC2)C1. The van der Waals surface area contributed by atoms with Crippen LogP contribution in [0.5, 0.6) is 0 Å². The molecule has 3 nitrogen and oxygen atoms in total. The van der Waals surface area contributed by atoms with Crippen LogP contribution in [-0.4, -0.2) is 23.9 Å². The maximum Gasteiger partial charge on any atom is 0.0903 e. The van der Waals surface area contributed by atoms with Crippen molar-refractivity contribution in [1.82, 2.24) is 0 Å². The smallest absolute Gasteiger partial charge is 0.0903 e. The Kier molecular flexibility index (Phi) is 3.23. The highest BCUT2D eigenvalue weighted by Gasteiger charge is 2.52. The fourth-order valence-corrected chi connectivity index (χ4v) is 3.36. The van der Waals surface area contributed by atoms with E-state index in [4.69, 9.17) is 4.74 Å². The van der Waals surface area contributed by atoms with E-state index in [1.807, 2.05) is 0 Å². The number of hydrogen-bond acceptors (Lipinski definition) is 3. The predicted octanol–water partition coefficient (Wildman–Crippen LogP) is 2.25. The van der Waals surface area contributed by atoms with Gasteiger partial charge in [-0.05, 0) is 31.6 Å². The molecule has 2 fully saturated rings. The molecule has 2 atom stereocenters. The second kappa shape index (κ2) is 4.35. The first-order valence-corrected chi connectivity index (χ1v) is 6.33. The molecule has 2 rings (SSSR count). The molecule has 1 aliphatic carbocycles. The van der Waals surface area contributed by atoms with Crippen LogP contribution in [-0.2, 0) is 4.74 Å². The summed E-state index contributed by atoms with van der Waals surface area (Å²) in [6.07, 6.45) is 5.16. The Morgan fingerprint density at radius 3 is 2.56 bits per heavy atom. The number of nitrogens with zero attached hydrogens (tertiary/aromatic N) is 1. The molecule has 2 unspecified atom stereocenters. The first-order chi connectivity index (χ1) is 7.62. The van der Waals surface area contributed by atoms with Gasteiger partial charge in [0.05, 0.1) is 17.1 Å². The molecular weight excluding hydrogens is 202 g/mol. The summed E-state index contributed by atoms with van der Waals surface area (Å²) < 4.78 is 5.33. The minimum atomic E-state index is -0.775. The van der Waals surface area contributed by atoms with Crippen molar-refractivity contribution in [3.05, 3.63) is 0 Å². The Morgan fingerprint density at radius 2 is 2.00 bits per heavy atom. The van der Waals surface area contributed by atoms with Gasteiger partial charge in [-0.2, -0.15) is 5.26 Å². The number of ether oxygens (including phenoxy) is 1. The van der Waals surface area contributed by atoms with E-state index in [1.54, 1.807) is 0 Å². The summed E-state index contributed by atoms with van der Waals surface area (Å²) in [5.74, 6) is 0.534. The van der Waals surface area contributed by atoms with Crippen LogP contribution in [0.25, 0.3) is 0 Å². The van der Waals surface area contributed by atoms with Crippen LogP contribution in [0.1, 0.15) is 45.4 Å². The summed E-state index contributed by atoms with van der Waals surface area (Å²) in [6, 6.07) is 2.42. The molecule has 0 spiro atoms. The van der Waals surface area contributed by atoms with Crippen LogP contribution >= 0.6 is 0 Å². The third-order valence-corrected chi connectivity index (χ3v) is 4.42. The lowest BCUT2D eigenvalue weighted by atomic mass is 9.60. The van der Waals surface area contributed by atoms with Crippen LogP contribution < -0.4 is 0 Å². The third-order valence-electron chi connectivity index (χ3n) is 4.42. The van der Waals surface area contributed by atoms with Crippen molar-refractivity contribution in [3.8, 4) is 6.07 Å². The Labute approximate surface area is 97.4 Å². The summed E-state index contributed by atoms with van der Waals surface area (Å²) >= 11 is 0. The zero-order chi connectivity index (χ0) is 11.6. The lowest BCUT2D eigenvalue weighted by Gasteiger charge is -2.48. The molecule has 0 bridgehead atoms. The molecular formula is C13H21NO2. The van der Waals surface area contributed by atoms with Gasteiger partial charge in [-0.3, -0.25) is 0 Å². The molecule has 0 aromatic rings. The van der Waals surface area contributed by atoms with Gasteiger partial charge in [-0.25, -0.2) is 0 Å². The molecule has 1 heterocycles. The molecule has 0 radical (unpaired) electrons. The van der Waals surface area contributed by atoms with Gasteiger partial charge in [0, 0.05) is 13.2 Å². The Hall–Kier alpha value is -0.590. The minimum absolute atomic E-state index is 0.534. The van der Waals surface area contributed by atoms with Crippen LogP contribution in [0.2, 0.25) is 0 Å². The second-order valence-electron chi connectivity index (χ2n) is 5.54. The molecule has 16 heavy (non-hydrogen) atoms. The van der Waals surface area contributed by atoms with E-state index in [1.165, 1.54) is 6.42 Å². The van der Waals surface area contributed by atoms with E-state index < -0.39 is 11.0 Å². The van der Waals surface area contributed by atoms with Crippen molar-refractivity contribution in [2.75, 3.05) is 13.2 Å². The number of hydrogen-bond donors (Lipinski definition) is 1. The first-order valence-electron chi connectivity index (χ1n) is 6.33. The van der Waals surface area contributed by atoms with Crippen LogP contribution in [0, 0.1) is 22.7 Å². The fraction of sp³-hybridized carbons (Fsp3) is 0.923. The van der Waals surface area contributed by atoms with Gasteiger partial charge in [0.1, 0.15) is 0 Å². The van der Waals surface area contributed by atoms with Gasteiger partial charge in [0.15, 0.2) is 0 Å². The summed E-state index contributed by atoms with van der Waals surface area (Å²) in [5.41, 5.74) is -1.33. The summed E-state index contributed by atoms with van der Waals surface area (Å²) in [4.78, 5) is 0. The number of nitriles is 1. The topological polar surface area (TPSA) is 53.2 Å². The van der Waals surface area contributed by atoms with E-state index in [0.29, 0.717) is 32.0 Å². The highest BCUT2D eigenvalue weighted by atomic mass is 16.5. The molecule has 90 valence electrons. The van der Waals surface area contributed by atoms with Gasteiger partial charge in [-0.15, -0.1) is 0 Å². The highest BCUT2D eigenvalue weighted by molar-refractivity contribution is 5.13. The highest BCUT2D eigenvalue weighted by Crippen LogP contribution is 2.49. The first kappa shape index (κ1) is 11.9. The average molecular weight is 223 g/mol. The van der Waals surface area contributed by atoms with Gasteiger partial charge in [0.25, 0.3) is 0 Å². The quantitative estimate of drug-likeness (QED) is 0.741. The molecule has 1 N–H and O–H groups in total. The molecule has 0 amide bonds. The summed E-state index contributed by atoms with van der Waals surface area (Å²) in [7, 11) is 0.